The molecule has 162 valence electrons. The monoisotopic (exact) mass is 443 g/mol. The first-order valence-electron chi connectivity index (χ1n) is 10.0. The summed E-state index contributed by atoms with van der Waals surface area (Å²) in [6.07, 6.45) is 8.54. The maximum Gasteiger partial charge on any atom is 0.438 e. The number of nitrogens with zero attached hydrogens (tertiary/aromatic N) is 3. The van der Waals surface area contributed by atoms with Gasteiger partial charge in [0.25, 0.3) is 0 Å². The van der Waals surface area contributed by atoms with Gasteiger partial charge in [0.2, 0.25) is 0 Å². The van der Waals surface area contributed by atoms with Crippen LogP contribution in [0.4, 0.5) is 10.5 Å². The molecule has 2 amide bonds. The van der Waals surface area contributed by atoms with Gasteiger partial charge in [0.05, 0.1) is 6.20 Å². The average molecular weight is 443 g/mol. The van der Waals surface area contributed by atoms with Crippen LogP contribution in [0.3, 0.4) is 0 Å². The van der Waals surface area contributed by atoms with Crippen LogP contribution < -0.4 is 15.8 Å². The lowest BCUT2D eigenvalue weighted by Gasteiger charge is -2.17. The summed E-state index contributed by atoms with van der Waals surface area (Å²) in [4.78, 5) is 26.1. The van der Waals surface area contributed by atoms with Crippen molar-refractivity contribution in [1.29, 1.82) is 4.78 Å². The van der Waals surface area contributed by atoms with E-state index in [-0.39, 0.29) is 17.3 Å². The summed E-state index contributed by atoms with van der Waals surface area (Å²) >= 11 is 0. The molecule has 0 aliphatic heterocycles. The number of hydrogen-bond donors (Lipinski definition) is 4. The average Bonchev–Trinajstić information content (AvgIpc) is 3.48. The highest BCUT2D eigenvalue weighted by Crippen LogP contribution is 2.38. The van der Waals surface area contributed by atoms with Gasteiger partial charge in [-0.05, 0) is 60.8 Å². The molecule has 11 nitrogen and oxygen atoms in total. The zero-order chi connectivity index (χ0) is 21.6. The number of benzene rings is 1. The van der Waals surface area contributed by atoms with Crippen LogP contribution in [0.1, 0.15) is 40.9 Å². The summed E-state index contributed by atoms with van der Waals surface area (Å²) in [5.41, 5.74) is 5.67. The minimum Gasteiger partial charge on any atom is -0.307 e. The number of urea groups is 1. The molecule has 1 aromatic carbocycles. The number of carbonyl (C=O) groups excluding carboxylic acids is 1. The maximum atomic E-state index is 12.9. The Kier molecular flexibility index (Phi) is 4.65. The molecule has 0 fully saturated rings. The second-order valence-corrected chi connectivity index (χ2v) is 9.55. The normalized spacial score (nSPS) is 16.5. The molecular formula is C19H21N7O4S. The Morgan fingerprint density at radius 3 is 2.58 bits per heavy atom. The molecule has 0 radical (unpaired) electrons. The highest BCUT2D eigenvalue weighted by molar-refractivity contribution is 7.91. The van der Waals surface area contributed by atoms with Crippen molar-refractivity contribution in [3.8, 4) is 0 Å². The Morgan fingerprint density at radius 2 is 1.94 bits per heavy atom. The quantitative estimate of drug-likeness (QED) is 0.470. The third kappa shape index (κ3) is 3.74. The van der Waals surface area contributed by atoms with E-state index in [0.717, 1.165) is 55.3 Å². The lowest BCUT2D eigenvalue weighted by molar-refractivity contribution is 0.256. The molecule has 2 heterocycles. The number of H-pyrrole nitrogens is 1. The maximum absolute atomic E-state index is 12.9. The van der Waals surface area contributed by atoms with E-state index in [1.165, 1.54) is 28.2 Å². The van der Waals surface area contributed by atoms with Crippen molar-refractivity contribution in [3.63, 3.8) is 0 Å². The van der Waals surface area contributed by atoms with Crippen LogP contribution in [0.2, 0.25) is 0 Å². The number of carbonyl (C=O) groups is 1. The second kappa shape index (κ2) is 7.38. The van der Waals surface area contributed by atoms with Crippen molar-refractivity contribution < 1.29 is 13.5 Å². The van der Waals surface area contributed by atoms with E-state index in [1.807, 2.05) is 0 Å². The number of anilines is 1. The van der Waals surface area contributed by atoms with Gasteiger partial charge in [-0.2, -0.15) is 5.10 Å². The van der Waals surface area contributed by atoms with Gasteiger partial charge in [0.1, 0.15) is 11.4 Å². The van der Waals surface area contributed by atoms with Crippen LogP contribution in [-0.2, 0) is 42.1 Å². The summed E-state index contributed by atoms with van der Waals surface area (Å²) in [5.74, 6) is -0.461. The van der Waals surface area contributed by atoms with E-state index in [1.54, 1.807) is 0 Å². The van der Waals surface area contributed by atoms with E-state index in [0.29, 0.717) is 0 Å². The number of nitrogens with one attached hydrogen (secondary N) is 4. The highest BCUT2D eigenvalue weighted by atomic mass is 32.2. The minimum absolute atomic E-state index is 0.0389. The Balaban J connectivity index is 1.33. The molecule has 31 heavy (non-hydrogen) atoms. The molecule has 12 heteroatoms. The molecule has 3 aromatic rings. The van der Waals surface area contributed by atoms with Gasteiger partial charge in [-0.1, -0.05) is 11.2 Å². The van der Waals surface area contributed by atoms with E-state index < -0.39 is 21.7 Å². The van der Waals surface area contributed by atoms with E-state index in [2.05, 4.69) is 35.9 Å². The third-order valence-electron chi connectivity index (χ3n) is 5.69. The summed E-state index contributed by atoms with van der Waals surface area (Å²) in [6.45, 7) is 0.0652. The third-order valence-corrected chi connectivity index (χ3v) is 7.03. The minimum atomic E-state index is -3.64. The van der Waals surface area contributed by atoms with Gasteiger partial charge < -0.3 is 5.32 Å². The van der Waals surface area contributed by atoms with Crippen LogP contribution in [0.15, 0.2) is 32.7 Å². The van der Waals surface area contributed by atoms with Gasteiger partial charge in [0, 0.05) is 11.9 Å². The fourth-order valence-electron chi connectivity index (χ4n) is 4.36. The summed E-state index contributed by atoms with van der Waals surface area (Å²) in [6, 6.07) is 1.58. The number of aromatic nitrogens is 4. The van der Waals surface area contributed by atoms with E-state index in [9.17, 15) is 13.8 Å². The molecule has 0 saturated heterocycles. The van der Waals surface area contributed by atoms with Crippen molar-refractivity contribution in [2.75, 3.05) is 5.32 Å². The molecule has 1 atom stereocenters. The lowest BCUT2D eigenvalue weighted by Crippen LogP contribution is -2.34. The van der Waals surface area contributed by atoms with Gasteiger partial charge >= 0.3 is 11.8 Å². The predicted octanol–water partition coefficient (Wildman–Crippen LogP) is 1.73. The highest BCUT2D eigenvalue weighted by Gasteiger charge is 2.26. The zero-order valence-corrected chi connectivity index (χ0v) is 17.4. The van der Waals surface area contributed by atoms with Crippen molar-refractivity contribution >= 4 is 21.6 Å². The molecule has 4 N–H and O–H groups in total. The van der Waals surface area contributed by atoms with E-state index in [4.69, 9.17) is 4.78 Å². The Labute approximate surface area is 177 Å². The smallest absolute Gasteiger partial charge is 0.307 e. The molecule has 1 unspecified atom stereocenters. The molecule has 0 bridgehead atoms. The standard InChI is InChI=1S/C19H21N7O4S/c20-31(29,13-8-21-26(9-13)10-16-22-19(28)30-24-16)25-18(27)23-17-14-5-1-3-11(14)7-12-4-2-6-15(12)17/h7-9H,1-6,10H2,(H,22,24,28)(H3,20,23,25,27,29). The molecule has 5 rings (SSSR count). The summed E-state index contributed by atoms with van der Waals surface area (Å²) in [5, 5.41) is 10.4. The van der Waals surface area contributed by atoms with Gasteiger partial charge in [-0.15, -0.1) is 0 Å². The first-order chi connectivity index (χ1) is 14.9. The second-order valence-electron chi connectivity index (χ2n) is 7.76. The van der Waals surface area contributed by atoms with Crippen LogP contribution in [-0.4, -0.2) is 30.2 Å². The number of aromatic amines is 1. The van der Waals surface area contributed by atoms with Gasteiger partial charge in [-0.25, -0.2) is 23.3 Å². The first-order valence-corrected chi connectivity index (χ1v) is 11.6. The first kappa shape index (κ1) is 19.5. The van der Waals surface area contributed by atoms with Crippen molar-refractivity contribution in [2.45, 2.75) is 50.0 Å². The SMILES string of the molecule is N=S(=O)(NC(=O)Nc1c2c(cc3c1CCC3)CCC2)c1cnn(Cc2noc(=O)[nH]2)c1. The predicted molar refractivity (Wildman–Crippen MR) is 110 cm³/mol. The topological polar surface area (TPSA) is 159 Å². The zero-order valence-electron chi connectivity index (χ0n) is 16.6. The molecular weight excluding hydrogens is 422 g/mol. The van der Waals surface area contributed by atoms with Crippen molar-refractivity contribution in [3.05, 3.63) is 57.1 Å². The Hall–Kier alpha value is -3.41. The lowest BCUT2D eigenvalue weighted by atomic mass is 9.99. The van der Waals surface area contributed by atoms with Crippen LogP contribution in [0, 0.1) is 4.78 Å². The van der Waals surface area contributed by atoms with Crippen LogP contribution >= 0.6 is 0 Å². The largest absolute Gasteiger partial charge is 0.438 e. The Bertz CT molecular complexity index is 1300. The number of hydrogen-bond acceptors (Lipinski definition) is 7. The van der Waals surface area contributed by atoms with Crippen molar-refractivity contribution in [2.24, 2.45) is 0 Å². The number of amides is 2. The van der Waals surface area contributed by atoms with Crippen LogP contribution in [0.5, 0.6) is 0 Å². The fraction of sp³-hybridized carbons (Fsp3) is 0.368. The molecule has 2 aromatic heterocycles. The summed E-state index contributed by atoms with van der Waals surface area (Å²) < 4.78 is 29.1. The number of fused-ring (bicyclic) bond motifs is 2. The van der Waals surface area contributed by atoms with Crippen molar-refractivity contribution in [1.82, 2.24) is 24.6 Å². The molecule has 0 saturated carbocycles. The molecule has 2 aliphatic carbocycles. The number of rotatable bonds is 5. The number of aryl methyl sites for hydroxylation is 2. The van der Waals surface area contributed by atoms with Crippen LogP contribution in [0.25, 0.3) is 0 Å². The van der Waals surface area contributed by atoms with Gasteiger partial charge in [0.15, 0.2) is 15.7 Å². The Morgan fingerprint density at radius 1 is 1.23 bits per heavy atom. The van der Waals surface area contributed by atoms with Gasteiger partial charge in [-0.3, -0.25) is 14.2 Å². The van der Waals surface area contributed by atoms with E-state index >= 15 is 0 Å². The molecule has 2 aliphatic rings. The fourth-order valence-corrected chi connectivity index (χ4v) is 5.25. The summed E-state index contributed by atoms with van der Waals surface area (Å²) in [7, 11) is -3.64. The molecule has 0 spiro atoms.